The molecule has 0 aliphatic heterocycles. The number of rotatable bonds is 15. The third-order valence-corrected chi connectivity index (χ3v) is 23.1. The van der Waals surface area contributed by atoms with Crippen LogP contribution in [0.4, 0.5) is 11.6 Å². The number of aldehydes is 2. The Kier molecular flexibility index (Phi) is 38.4. The van der Waals surface area contributed by atoms with E-state index >= 15 is 0 Å². The van der Waals surface area contributed by atoms with Gasteiger partial charge in [-0.3, -0.25) is 43.5 Å². The van der Waals surface area contributed by atoms with Crippen molar-refractivity contribution in [1.29, 1.82) is 0 Å². The van der Waals surface area contributed by atoms with E-state index in [4.69, 9.17) is 16.6 Å². The lowest BCUT2D eigenvalue weighted by Crippen LogP contribution is -2.24. The number of aromatic hydroxyl groups is 1. The second-order valence-electron chi connectivity index (χ2n) is 36.7. The minimum atomic E-state index is -0.220. The van der Waals surface area contributed by atoms with Crippen LogP contribution in [0.15, 0.2) is 207 Å². The Morgan fingerprint density at radius 1 is 0.385 bits per heavy atom. The lowest BCUT2D eigenvalue weighted by atomic mass is 9.87. The van der Waals surface area contributed by atoms with Crippen molar-refractivity contribution in [2.75, 3.05) is 18.6 Å². The maximum absolute atomic E-state index is 12.6. The number of nitrogens with two attached hydrogens (primary N) is 2. The van der Waals surface area contributed by atoms with Crippen LogP contribution in [0.25, 0.3) is 54.9 Å². The number of carbonyl (C=O) groups excluding carboxylic acids is 7. The quantitative estimate of drug-likeness (QED) is 0.0204. The highest BCUT2D eigenvalue weighted by atomic mass is 127. The van der Waals surface area contributed by atoms with Gasteiger partial charge in [-0.05, 0) is 256 Å². The number of ketones is 1. The van der Waals surface area contributed by atoms with E-state index in [1.165, 1.54) is 68.4 Å². The summed E-state index contributed by atoms with van der Waals surface area (Å²) in [5, 5.41) is 33.0. The zero-order chi connectivity index (χ0) is 99.6. The van der Waals surface area contributed by atoms with Gasteiger partial charge >= 0.3 is 0 Å². The molecule has 5 aromatic carbocycles. The van der Waals surface area contributed by atoms with Crippen LogP contribution in [0, 0.1) is 62.5 Å². The fourth-order valence-electron chi connectivity index (χ4n) is 13.5. The number of nitrogens with zero attached hydrogens (tertiary/aromatic N) is 10. The first-order valence-corrected chi connectivity index (χ1v) is 46.0. The van der Waals surface area contributed by atoms with Gasteiger partial charge in [-0.1, -0.05) is 192 Å². The van der Waals surface area contributed by atoms with Crippen LogP contribution in [-0.2, 0) is 57.4 Å². The molecule has 0 saturated heterocycles. The Morgan fingerprint density at radius 3 is 1.07 bits per heavy atom. The van der Waals surface area contributed by atoms with E-state index in [1.807, 2.05) is 81.7 Å². The number of aliphatic hydroxyl groups excluding tert-OH is 1. The molecule has 0 atom stereocenters. The van der Waals surface area contributed by atoms with E-state index in [-0.39, 0.29) is 74.9 Å². The topological polar surface area (TPSA) is 389 Å². The van der Waals surface area contributed by atoms with Gasteiger partial charge in [0.15, 0.2) is 29.5 Å². The van der Waals surface area contributed by atoms with Gasteiger partial charge in [0.2, 0.25) is 5.91 Å². The summed E-state index contributed by atoms with van der Waals surface area (Å²) >= 11 is 4.28. The number of aliphatic hydroxyl groups is 1. The van der Waals surface area contributed by atoms with Crippen LogP contribution >= 0.6 is 45.2 Å². The predicted octanol–water partition coefficient (Wildman–Crippen LogP) is 20.9. The Hall–Kier alpha value is -13.4. The molecule has 0 unspecified atom stereocenters. The van der Waals surface area contributed by atoms with E-state index in [1.54, 1.807) is 62.0 Å². The number of hydrogen-bond donors (Lipinski definition) is 8. The molecule has 0 bridgehead atoms. The van der Waals surface area contributed by atoms with E-state index in [0.717, 1.165) is 63.9 Å². The Bertz CT molecular complexity index is 6280. The van der Waals surface area contributed by atoms with Gasteiger partial charge in [-0.15, -0.1) is 0 Å². The molecule has 4 amide bonds. The number of nitrogen functional groups attached to an aromatic ring is 2. The second-order valence-corrected chi connectivity index (χ2v) is 39.2. The highest BCUT2D eigenvalue weighted by Crippen LogP contribution is 2.32. The maximum Gasteiger partial charge on any atom is 0.253 e. The van der Waals surface area contributed by atoms with Gasteiger partial charge < -0.3 is 42.9 Å². The summed E-state index contributed by atoms with van der Waals surface area (Å²) in [6, 6.07) is 53.5. The molecule has 15 rings (SSSR count). The molecule has 0 fully saturated rings. The summed E-state index contributed by atoms with van der Waals surface area (Å²) < 4.78 is 1.93. The van der Waals surface area contributed by atoms with Gasteiger partial charge in [-0.2, -0.15) is 0 Å². The number of amides is 4. The minimum Gasteiger partial charge on any atom is -0.506 e. The number of anilines is 2. The summed E-state index contributed by atoms with van der Waals surface area (Å²) in [5.41, 5.74) is 35.0. The van der Waals surface area contributed by atoms with Gasteiger partial charge in [0, 0.05) is 105 Å². The number of halogens is 2. The van der Waals surface area contributed by atoms with Crippen molar-refractivity contribution >= 4 is 154 Å². The highest BCUT2D eigenvalue weighted by Gasteiger charge is 2.21. The maximum atomic E-state index is 12.6. The molecule has 135 heavy (non-hydrogen) atoms. The molecule has 0 spiro atoms. The second kappa shape index (κ2) is 48.5. The summed E-state index contributed by atoms with van der Waals surface area (Å²) in [4.78, 5) is 123. The number of Topliss-reactive ketones (excluding diaryl/α,β-unsaturated/α-hetero) is 1. The molecule has 702 valence electrons. The zero-order valence-electron chi connectivity index (χ0n) is 81.0. The highest BCUT2D eigenvalue weighted by molar-refractivity contribution is 14.1. The fraction of sp³-hybridized carbons (Fsp3) is 0.287. The molecule has 15 aromatic rings. The smallest absolute Gasteiger partial charge is 0.253 e. The van der Waals surface area contributed by atoms with Crippen LogP contribution in [0.3, 0.4) is 0 Å². The Labute approximate surface area is 818 Å². The third-order valence-electron chi connectivity index (χ3n) is 21.9. The number of pyridine rings is 10. The molecule has 27 heteroatoms. The average Bonchev–Trinajstić information content (AvgIpc) is 0.760. The minimum absolute atomic E-state index is 0.0416. The van der Waals surface area contributed by atoms with Crippen molar-refractivity contribution in [1.82, 2.24) is 71.1 Å². The monoisotopic (exact) mass is 2040 g/mol. The van der Waals surface area contributed by atoms with Gasteiger partial charge in [-0.25, -0.2) is 39.9 Å². The summed E-state index contributed by atoms with van der Waals surface area (Å²) in [6.07, 6.45) is 13.3. The number of aryl methyl sites for hydroxylation is 8. The van der Waals surface area contributed by atoms with Gasteiger partial charge in [0.05, 0.1) is 68.6 Å². The van der Waals surface area contributed by atoms with Crippen LogP contribution in [0.2, 0.25) is 0 Å². The molecule has 0 saturated carbocycles. The normalized spacial score (nSPS) is 11.0. The summed E-state index contributed by atoms with van der Waals surface area (Å²) in [6.45, 7) is 45.4. The van der Waals surface area contributed by atoms with Crippen molar-refractivity contribution in [2.24, 2.45) is 0 Å². The van der Waals surface area contributed by atoms with Crippen molar-refractivity contribution in [3.8, 4) is 5.75 Å². The fourth-order valence-corrected chi connectivity index (χ4v) is 14.5. The van der Waals surface area contributed by atoms with Crippen LogP contribution in [0.1, 0.15) is 238 Å². The Balaban J connectivity index is 0.000000198. The zero-order valence-corrected chi connectivity index (χ0v) is 85.3. The molecule has 10 N–H and O–H groups in total. The number of aromatic nitrogens is 10. The number of fused-ring (bicyclic) bond motifs is 6. The van der Waals surface area contributed by atoms with E-state index < -0.39 is 0 Å². The third kappa shape index (κ3) is 31.4. The first-order valence-electron chi connectivity index (χ1n) is 43.9. The molecule has 0 radical (unpaired) electrons. The average molecular weight is 2040 g/mol. The number of nitrogens with one attached hydrogen (secondary N) is 4. The molecule has 25 nitrogen and oxygen atoms in total. The molecular weight excluding hydrogens is 1920 g/mol. The van der Waals surface area contributed by atoms with Gasteiger partial charge in [0.25, 0.3) is 17.7 Å². The van der Waals surface area contributed by atoms with Crippen LogP contribution < -0.4 is 32.7 Å². The lowest BCUT2D eigenvalue weighted by Gasteiger charge is -2.19. The number of benzene rings is 5. The largest absolute Gasteiger partial charge is 0.506 e. The van der Waals surface area contributed by atoms with Crippen molar-refractivity contribution < 1.29 is 43.8 Å². The molecule has 10 aromatic heterocycles. The van der Waals surface area contributed by atoms with Crippen LogP contribution in [0.5, 0.6) is 5.75 Å². The predicted molar refractivity (Wildman–Crippen MR) is 558 cm³/mol. The Morgan fingerprint density at radius 2 is 0.719 bits per heavy atom. The van der Waals surface area contributed by atoms with Gasteiger partial charge in [0.1, 0.15) is 23.2 Å². The van der Waals surface area contributed by atoms with Crippen LogP contribution in [-0.4, -0.2) is 109 Å². The molecule has 0 aliphatic carbocycles. The summed E-state index contributed by atoms with van der Waals surface area (Å²) in [7, 11) is 1.00. The first-order chi connectivity index (χ1) is 63.7. The SMILES string of the molecule is CC(=O)CC(=O)NCc1ccc(C(C)(C)C)cc1.CO.Cc1cnc2c(ccc3c(C)c(C)cnc32)c1C.Cc1cnc2nc(C)c(C(=O)NCc3ccc(C(C)(C)C)cc3)cc2c1.Cc1nc2ncc(I)cc2cc1C(=O)NCc1ccc(C(C)(C)C)cc1.Cc1nc2ncc(O)cc2cc1C(=O)NCc1ccc(C(C)(C)C)cc1.Nc1ncc(I)cc1C=O.Nc1ncccc1C=O. The van der Waals surface area contributed by atoms with Crippen molar-refractivity contribution in [2.45, 2.75) is 200 Å². The van der Waals surface area contributed by atoms with E-state index in [9.17, 15) is 38.7 Å². The van der Waals surface area contributed by atoms with E-state index in [0.29, 0.717) is 106 Å². The summed E-state index contributed by atoms with van der Waals surface area (Å²) in [5.74, 6) is -0.136. The van der Waals surface area contributed by atoms with E-state index in [2.05, 4.69) is 312 Å². The number of carbonyl (C=O) groups is 7. The molecular formula is C108H122I2N16O9. The van der Waals surface area contributed by atoms with Crippen molar-refractivity contribution in [3.63, 3.8) is 0 Å². The first kappa shape index (κ1) is 107. The number of hydrogen-bond acceptors (Lipinski definition) is 21. The lowest BCUT2D eigenvalue weighted by molar-refractivity contribution is -0.127. The molecule has 10 heterocycles. The van der Waals surface area contributed by atoms with Crippen molar-refractivity contribution in [3.05, 3.63) is 332 Å². The standard InChI is InChI=1S/C22H25N3O.C21H22IN3O.C21H23N3O2.C16H16N2.C15H21NO2.C6H5IN2O.C6H6N2O.CH4O/c1-14-10-17-11-19(15(2)25-20(17)23-12-14)21(26)24-13-16-6-8-18(9-7-16)22(3,4)5;1-13-18(10-15-9-17(22)12-23-19(15)25-13)20(26)24-11-14-5-7-16(8-6-14)21(2,3)4;1-13-18(10-15-9-17(25)12-22-19(15)24-13)20(26)23-11-14-5-7-16(8-6-14)21(2,3)4;1-9-7-17-15-13(11(9)3)5-6-14-12(4)10(2)8-18-16(14)15;1-11(17)9-14(18)16-10-12-5-7-13(8-6-12)15(2,3)4;7-5-1-4(3-10)6(8)9-2-5;7-6-5(4-9)2-1-3-8-6;1-2/h6-12H,13H2,1-5H3,(H,24,26);5-10,12H,11H2,1-4H3,(H,24,26);5-10,12,25H,11H2,1-4H3,(H,23,26);5-8H,1-4H3;5-8H,9-10H2,1-4H3,(H,16,18);1-3H,(H2,8,9);1-4H,(H2,7,8);2H,1H3. The molecule has 0 aliphatic rings.